The molecule has 0 unspecified atom stereocenters. The third-order valence-corrected chi connectivity index (χ3v) is 4.23. The molecule has 0 amide bonds. The van der Waals surface area contributed by atoms with Gasteiger partial charge in [0.2, 0.25) is 0 Å². The lowest BCUT2D eigenvalue weighted by Crippen LogP contribution is -2.35. The van der Waals surface area contributed by atoms with Crippen molar-refractivity contribution in [2.24, 2.45) is 0 Å². The molecule has 0 aromatic carbocycles. The minimum absolute atomic E-state index is 0.0791. The highest BCUT2D eigenvalue weighted by molar-refractivity contribution is 9.10. The Morgan fingerprint density at radius 1 is 1.38 bits per heavy atom. The number of fused-ring (bicyclic) bond motifs is 1. The normalized spacial score (nSPS) is 20.0. The lowest BCUT2D eigenvalue weighted by atomic mass is 10.2. The van der Waals surface area contributed by atoms with Gasteiger partial charge in [0.1, 0.15) is 5.69 Å². The van der Waals surface area contributed by atoms with E-state index in [1.54, 1.807) is 0 Å². The topological polar surface area (TPSA) is 78.3 Å². The number of aryl methyl sites for hydroxylation is 1. The second-order valence-corrected chi connectivity index (χ2v) is 6.10. The number of H-pyrrole nitrogens is 1. The number of hydrogen-bond acceptors (Lipinski definition) is 5. The van der Waals surface area contributed by atoms with Gasteiger partial charge in [-0.2, -0.15) is 9.50 Å². The Balaban J connectivity index is 2.11. The van der Waals surface area contributed by atoms with E-state index in [1.165, 1.54) is 4.52 Å². The Morgan fingerprint density at radius 2 is 2.19 bits per heavy atom. The molecule has 3 rings (SSSR count). The van der Waals surface area contributed by atoms with Gasteiger partial charge in [-0.1, -0.05) is 6.92 Å². The van der Waals surface area contributed by atoms with E-state index in [9.17, 15) is 4.79 Å². The number of halogens is 1. The molecule has 0 saturated carbocycles. The van der Waals surface area contributed by atoms with Crippen LogP contribution in [0.1, 0.15) is 26.0 Å². The van der Waals surface area contributed by atoms with Crippen LogP contribution in [0.4, 0.5) is 5.69 Å². The summed E-state index contributed by atoms with van der Waals surface area (Å²) in [6.07, 6.45) is 1.73. The summed E-state index contributed by atoms with van der Waals surface area (Å²) in [6, 6.07) is 0.473. The number of nitrogens with one attached hydrogen (secondary N) is 2. The molecule has 0 bridgehead atoms. The molecule has 2 aromatic heterocycles. The van der Waals surface area contributed by atoms with Crippen molar-refractivity contribution in [3.05, 3.63) is 20.8 Å². The van der Waals surface area contributed by atoms with Gasteiger partial charge in [-0.05, 0) is 35.7 Å². The molecule has 8 heteroatoms. The monoisotopic (exact) mass is 354 g/mol. The van der Waals surface area contributed by atoms with Crippen LogP contribution in [-0.2, 0) is 6.42 Å². The summed E-state index contributed by atoms with van der Waals surface area (Å²) in [6.45, 7) is 6.74. The summed E-state index contributed by atoms with van der Waals surface area (Å²) in [4.78, 5) is 23.6. The van der Waals surface area contributed by atoms with Crippen LogP contribution in [0.15, 0.2) is 9.53 Å². The molecule has 1 aliphatic rings. The summed E-state index contributed by atoms with van der Waals surface area (Å²) < 4.78 is 1.91. The van der Waals surface area contributed by atoms with Gasteiger partial charge in [-0.3, -0.25) is 9.89 Å². The SMILES string of the molecule is CCc1nc2nc(Br)[nH]n2c(=O)c1N1CCN[C@H](C)CC1. The zero-order chi connectivity index (χ0) is 15.0. The predicted molar refractivity (Wildman–Crippen MR) is 85.0 cm³/mol. The maximum absolute atomic E-state index is 12.8. The zero-order valence-corrected chi connectivity index (χ0v) is 13.8. The van der Waals surface area contributed by atoms with Gasteiger partial charge in [0.25, 0.3) is 11.3 Å². The minimum atomic E-state index is -0.0791. The second-order valence-electron chi connectivity index (χ2n) is 5.35. The van der Waals surface area contributed by atoms with E-state index < -0.39 is 0 Å². The van der Waals surface area contributed by atoms with Crippen LogP contribution in [-0.4, -0.2) is 45.3 Å². The molecule has 1 saturated heterocycles. The molecule has 0 spiro atoms. The molecule has 0 aliphatic carbocycles. The molecule has 114 valence electrons. The quantitative estimate of drug-likeness (QED) is 0.838. The van der Waals surface area contributed by atoms with Crippen LogP contribution in [0.5, 0.6) is 0 Å². The summed E-state index contributed by atoms with van der Waals surface area (Å²) in [5, 5.41) is 6.33. The highest BCUT2D eigenvalue weighted by atomic mass is 79.9. The van der Waals surface area contributed by atoms with E-state index in [4.69, 9.17) is 0 Å². The van der Waals surface area contributed by atoms with Crippen LogP contribution < -0.4 is 15.8 Å². The van der Waals surface area contributed by atoms with Crippen LogP contribution >= 0.6 is 15.9 Å². The molecule has 7 nitrogen and oxygen atoms in total. The van der Waals surface area contributed by atoms with E-state index in [0.29, 0.717) is 28.7 Å². The van der Waals surface area contributed by atoms with Crippen LogP contribution in [0.3, 0.4) is 0 Å². The Bertz CT molecular complexity index is 708. The fourth-order valence-electron chi connectivity index (χ4n) is 2.72. The Labute approximate surface area is 130 Å². The maximum atomic E-state index is 12.8. The summed E-state index contributed by atoms with van der Waals surface area (Å²) in [5.74, 6) is 0.411. The molecule has 2 N–H and O–H groups in total. The van der Waals surface area contributed by atoms with Crippen molar-refractivity contribution in [3.8, 4) is 0 Å². The highest BCUT2D eigenvalue weighted by Crippen LogP contribution is 2.18. The minimum Gasteiger partial charge on any atom is -0.364 e. The molecule has 21 heavy (non-hydrogen) atoms. The molecule has 1 fully saturated rings. The van der Waals surface area contributed by atoms with Crippen molar-refractivity contribution in [1.82, 2.24) is 24.9 Å². The average Bonchev–Trinajstić information content (AvgIpc) is 2.70. The van der Waals surface area contributed by atoms with Gasteiger partial charge in [-0.15, -0.1) is 0 Å². The molecule has 0 radical (unpaired) electrons. The fourth-order valence-corrected chi connectivity index (χ4v) is 3.06. The van der Waals surface area contributed by atoms with E-state index in [2.05, 4.69) is 48.1 Å². The number of anilines is 1. The van der Waals surface area contributed by atoms with Crippen molar-refractivity contribution in [2.45, 2.75) is 32.7 Å². The number of aromatic amines is 1. The summed E-state index contributed by atoms with van der Waals surface area (Å²) in [5.41, 5.74) is 1.43. The first kappa shape index (κ1) is 14.5. The predicted octanol–water partition coefficient (Wildman–Crippen LogP) is 0.931. The third kappa shape index (κ3) is 2.69. The van der Waals surface area contributed by atoms with Gasteiger partial charge in [0.15, 0.2) is 4.73 Å². The summed E-state index contributed by atoms with van der Waals surface area (Å²) >= 11 is 3.26. The maximum Gasteiger partial charge on any atom is 0.297 e. The lowest BCUT2D eigenvalue weighted by Gasteiger charge is -2.23. The van der Waals surface area contributed by atoms with Gasteiger partial charge in [-0.25, -0.2) is 4.98 Å². The number of nitrogens with zero attached hydrogens (tertiary/aromatic N) is 4. The van der Waals surface area contributed by atoms with E-state index in [1.807, 2.05) is 6.92 Å². The third-order valence-electron chi connectivity index (χ3n) is 3.87. The molecule has 1 atom stereocenters. The molecule has 2 aromatic rings. The van der Waals surface area contributed by atoms with Gasteiger partial charge >= 0.3 is 0 Å². The molecule has 1 aliphatic heterocycles. The lowest BCUT2D eigenvalue weighted by molar-refractivity contribution is 0.566. The Hall–Kier alpha value is -1.41. The number of hydrogen-bond donors (Lipinski definition) is 2. The first-order valence-corrected chi connectivity index (χ1v) is 8.05. The summed E-state index contributed by atoms with van der Waals surface area (Å²) in [7, 11) is 0. The Morgan fingerprint density at radius 3 is 2.95 bits per heavy atom. The number of aromatic nitrogens is 4. The van der Waals surface area contributed by atoms with Crippen molar-refractivity contribution < 1.29 is 0 Å². The van der Waals surface area contributed by atoms with Crippen molar-refractivity contribution in [3.63, 3.8) is 0 Å². The van der Waals surface area contributed by atoms with Gasteiger partial charge in [0.05, 0.1) is 5.69 Å². The average molecular weight is 355 g/mol. The molecular weight excluding hydrogens is 336 g/mol. The van der Waals surface area contributed by atoms with Crippen molar-refractivity contribution in [2.75, 3.05) is 24.5 Å². The zero-order valence-electron chi connectivity index (χ0n) is 12.2. The molecule has 3 heterocycles. The van der Waals surface area contributed by atoms with Gasteiger partial charge < -0.3 is 10.2 Å². The van der Waals surface area contributed by atoms with Crippen molar-refractivity contribution >= 4 is 27.4 Å². The molecular formula is C13H19BrN6O. The Kier molecular flexibility index (Phi) is 3.99. The van der Waals surface area contributed by atoms with Gasteiger partial charge in [0, 0.05) is 25.7 Å². The largest absolute Gasteiger partial charge is 0.364 e. The van der Waals surface area contributed by atoms with E-state index >= 15 is 0 Å². The highest BCUT2D eigenvalue weighted by Gasteiger charge is 2.22. The van der Waals surface area contributed by atoms with E-state index in [0.717, 1.165) is 31.7 Å². The number of rotatable bonds is 2. The standard InChI is InChI=1S/C13H19BrN6O/c1-3-9-10(19-6-4-8(2)15-5-7-19)11(21)20-13(16-9)17-12(14)18-20/h8,15H,3-7H2,1-2H3,(H,16,17,18)/t8-/m1/s1. The first-order valence-electron chi connectivity index (χ1n) is 7.25. The van der Waals surface area contributed by atoms with Crippen LogP contribution in [0, 0.1) is 0 Å². The van der Waals surface area contributed by atoms with Crippen molar-refractivity contribution in [1.29, 1.82) is 0 Å². The second kappa shape index (κ2) is 5.76. The van der Waals surface area contributed by atoms with E-state index in [-0.39, 0.29) is 5.56 Å². The smallest absolute Gasteiger partial charge is 0.297 e. The first-order chi connectivity index (χ1) is 10.1. The van der Waals surface area contributed by atoms with Crippen LogP contribution in [0.25, 0.3) is 5.78 Å². The van der Waals surface area contributed by atoms with Crippen LogP contribution in [0.2, 0.25) is 0 Å². The fraction of sp³-hybridized carbons (Fsp3) is 0.615.